The quantitative estimate of drug-likeness (QED) is 0.571. The summed E-state index contributed by atoms with van der Waals surface area (Å²) >= 11 is 5.32. The second-order valence-corrected chi connectivity index (χ2v) is 7.58. The van der Waals surface area contributed by atoms with Gasteiger partial charge in [-0.05, 0) is 55.4 Å². The Morgan fingerprint density at radius 3 is 2.84 bits per heavy atom. The van der Waals surface area contributed by atoms with Crippen LogP contribution in [0.25, 0.3) is 0 Å². The first-order valence-electron chi connectivity index (χ1n) is 9.31. The fourth-order valence-electron chi connectivity index (χ4n) is 3.85. The summed E-state index contributed by atoms with van der Waals surface area (Å²) in [4.78, 5) is 14.4. The van der Waals surface area contributed by atoms with Gasteiger partial charge in [0.15, 0.2) is 5.11 Å². The van der Waals surface area contributed by atoms with Crippen molar-refractivity contribution < 1.29 is 4.79 Å². The molecule has 3 N–H and O–H groups in total. The minimum absolute atomic E-state index is 0.0717. The Balaban J connectivity index is 1.45. The van der Waals surface area contributed by atoms with Gasteiger partial charge in [0, 0.05) is 18.3 Å². The van der Waals surface area contributed by atoms with Crippen molar-refractivity contribution in [2.24, 2.45) is 5.92 Å². The molecule has 3 rings (SSSR count). The van der Waals surface area contributed by atoms with Crippen molar-refractivity contribution in [2.45, 2.75) is 51.5 Å². The molecular formula is C19H28N4OS. The summed E-state index contributed by atoms with van der Waals surface area (Å²) in [5.41, 5.74) is 8.07. The topological polar surface area (TPSA) is 56.4 Å². The van der Waals surface area contributed by atoms with E-state index in [0.717, 1.165) is 25.8 Å². The maximum Gasteiger partial charge on any atom is 0.257 e. The number of hydrogen-bond donors (Lipinski definition) is 3. The minimum atomic E-state index is -0.0717. The van der Waals surface area contributed by atoms with Crippen LogP contribution in [0.2, 0.25) is 0 Å². The molecule has 1 heterocycles. The van der Waals surface area contributed by atoms with Gasteiger partial charge in [-0.1, -0.05) is 38.0 Å². The molecule has 1 aromatic carbocycles. The summed E-state index contributed by atoms with van der Waals surface area (Å²) in [6.45, 7) is 3.50. The molecule has 5 nitrogen and oxygen atoms in total. The fourth-order valence-corrected chi connectivity index (χ4v) is 4.05. The predicted molar refractivity (Wildman–Crippen MR) is 105 cm³/mol. The van der Waals surface area contributed by atoms with E-state index in [1.54, 1.807) is 0 Å². The van der Waals surface area contributed by atoms with E-state index in [0.29, 0.717) is 23.6 Å². The molecule has 1 aromatic rings. The van der Waals surface area contributed by atoms with Gasteiger partial charge >= 0.3 is 0 Å². The summed E-state index contributed by atoms with van der Waals surface area (Å²) in [6, 6.07) is 8.71. The first-order chi connectivity index (χ1) is 12.1. The highest BCUT2D eigenvalue weighted by Gasteiger charge is 2.22. The van der Waals surface area contributed by atoms with E-state index in [4.69, 9.17) is 12.2 Å². The molecule has 0 spiro atoms. The van der Waals surface area contributed by atoms with Gasteiger partial charge in [-0.25, -0.2) is 0 Å². The zero-order chi connectivity index (χ0) is 17.6. The van der Waals surface area contributed by atoms with Crippen LogP contribution in [-0.2, 0) is 11.2 Å². The SMILES string of the molecule is C[C@@H]1CCCC[C@@H]1NC(=S)NNC(=O)CN1CCCc2ccccc21. The van der Waals surface area contributed by atoms with Gasteiger partial charge in [-0.3, -0.25) is 15.6 Å². The van der Waals surface area contributed by atoms with Crippen LogP contribution in [0.1, 0.15) is 44.6 Å². The summed E-state index contributed by atoms with van der Waals surface area (Å²) in [5.74, 6) is 0.548. The molecule has 1 aliphatic heterocycles. The van der Waals surface area contributed by atoms with E-state index in [2.05, 4.69) is 46.2 Å². The number of thiocarbonyl (C=S) groups is 1. The first kappa shape index (κ1) is 18.0. The van der Waals surface area contributed by atoms with Crippen LogP contribution >= 0.6 is 12.2 Å². The van der Waals surface area contributed by atoms with E-state index >= 15 is 0 Å². The number of nitrogens with zero attached hydrogens (tertiary/aromatic N) is 1. The molecular weight excluding hydrogens is 332 g/mol. The maximum atomic E-state index is 12.3. The molecule has 1 aliphatic carbocycles. The fraction of sp³-hybridized carbons (Fsp3) is 0.579. The third-order valence-corrected chi connectivity index (χ3v) is 5.50. The number of hydrazine groups is 1. The van der Waals surface area contributed by atoms with Gasteiger partial charge in [0.25, 0.3) is 5.91 Å². The Morgan fingerprint density at radius 1 is 1.20 bits per heavy atom. The molecule has 0 radical (unpaired) electrons. The second-order valence-electron chi connectivity index (χ2n) is 7.17. The molecule has 0 saturated heterocycles. The molecule has 136 valence electrons. The van der Waals surface area contributed by atoms with E-state index in [1.165, 1.54) is 30.5 Å². The maximum absolute atomic E-state index is 12.3. The highest BCUT2D eigenvalue weighted by atomic mass is 32.1. The van der Waals surface area contributed by atoms with Crippen LogP contribution in [0.15, 0.2) is 24.3 Å². The second kappa shape index (κ2) is 8.52. The van der Waals surface area contributed by atoms with Crippen LogP contribution in [0.4, 0.5) is 5.69 Å². The van der Waals surface area contributed by atoms with Crippen molar-refractivity contribution in [3.05, 3.63) is 29.8 Å². The van der Waals surface area contributed by atoms with E-state index in [9.17, 15) is 4.79 Å². The van der Waals surface area contributed by atoms with E-state index < -0.39 is 0 Å². The third-order valence-electron chi connectivity index (χ3n) is 5.28. The van der Waals surface area contributed by atoms with Crippen molar-refractivity contribution in [1.82, 2.24) is 16.2 Å². The van der Waals surface area contributed by atoms with Crippen molar-refractivity contribution in [3.63, 3.8) is 0 Å². The Kier molecular flexibility index (Phi) is 6.13. The molecule has 25 heavy (non-hydrogen) atoms. The summed E-state index contributed by atoms with van der Waals surface area (Å²) in [5, 5.41) is 3.84. The Morgan fingerprint density at radius 2 is 2.00 bits per heavy atom. The third kappa shape index (κ3) is 4.84. The van der Waals surface area contributed by atoms with Crippen LogP contribution in [-0.4, -0.2) is 30.2 Å². The lowest BCUT2D eigenvalue weighted by Gasteiger charge is -2.31. The average Bonchev–Trinajstić information content (AvgIpc) is 2.62. The van der Waals surface area contributed by atoms with Crippen LogP contribution < -0.4 is 21.1 Å². The van der Waals surface area contributed by atoms with Gasteiger partial charge in [0.05, 0.1) is 6.54 Å². The Bertz CT molecular complexity index is 621. The predicted octanol–water partition coefficient (Wildman–Crippen LogP) is 2.51. The van der Waals surface area contributed by atoms with E-state index in [1.807, 2.05) is 6.07 Å². The number of fused-ring (bicyclic) bond motifs is 1. The summed E-state index contributed by atoms with van der Waals surface area (Å²) in [7, 11) is 0. The number of benzene rings is 1. The highest BCUT2D eigenvalue weighted by molar-refractivity contribution is 7.80. The largest absolute Gasteiger partial charge is 0.362 e. The number of amides is 1. The molecule has 2 aliphatic rings. The lowest BCUT2D eigenvalue weighted by atomic mass is 9.86. The van der Waals surface area contributed by atoms with Crippen molar-refractivity contribution in [2.75, 3.05) is 18.0 Å². The van der Waals surface area contributed by atoms with Gasteiger partial charge < -0.3 is 10.2 Å². The van der Waals surface area contributed by atoms with Gasteiger partial charge in [0.2, 0.25) is 0 Å². The van der Waals surface area contributed by atoms with Crippen molar-refractivity contribution in [3.8, 4) is 0 Å². The molecule has 1 saturated carbocycles. The summed E-state index contributed by atoms with van der Waals surface area (Å²) < 4.78 is 0. The molecule has 1 amide bonds. The Hall–Kier alpha value is -1.82. The molecule has 2 atom stereocenters. The monoisotopic (exact) mass is 360 g/mol. The number of carbonyl (C=O) groups is 1. The zero-order valence-corrected chi connectivity index (χ0v) is 15.7. The van der Waals surface area contributed by atoms with E-state index in [-0.39, 0.29) is 5.91 Å². The number of carbonyl (C=O) groups excluding carboxylic acids is 1. The number of rotatable bonds is 3. The molecule has 0 bridgehead atoms. The molecule has 1 fully saturated rings. The smallest absolute Gasteiger partial charge is 0.257 e. The van der Waals surface area contributed by atoms with Gasteiger partial charge in [0.1, 0.15) is 0 Å². The number of anilines is 1. The molecule has 6 heteroatoms. The minimum Gasteiger partial charge on any atom is -0.362 e. The van der Waals surface area contributed by atoms with Crippen molar-refractivity contribution >= 4 is 28.9 Å². The van der Waals surface area contributed by atoms with Crippen LogP contribution in [0, 0.1) is 5.92 Å². The first-order valence-corrected chi connectivity index (χ1v) is 9.72. The highest BCUT2D eigenvalue weighted by Crippen LogP contribution is 2.26. The summed E-state index contributed by atoms with van der Waals surface area (Å²) in [6.07, 6.45) is 7.08. The number of para-hydroxylation sites is 1. The van der Waals surface area contributed by atoms with Gasteiger partial charge in [-0.2, -0.15) is 0 Å². The van der Waals surface area contributed by atoms with Crippen LogP contribution in [0.5, 0.6) is 0 Å². The normalized spacial score (nSPS) is 22.7. The number of nitrogens with one attached hydrogen (secondary N) is 3. The molecule has 0 aromatic heterocycles. The van der Waals surface area contributed by atoms with Crippen LogP contribution in [0.3, 0.4) is 0 Å². The number of aryl methyl sites for hydroxylation is 1. The van der Waals surface area contributed by atoms with Gasteiger partial charge in [-0.15, -0.1) is 0 Å². The number of hydrogen-bond acceptors (Lipinski definition) is 3. The molecule has 0 unspecified atom stereocenters. The standard InChI is InChI=1S/C19H28N4OS/c1-14-7-2-4-10-16(14)20-19(25)22-21-18(24)13-23-12-6-9-15-8-3-5-11-17(15)23/h3,5,8,11,14,16H,2,4,6-7,9-10,12-13H2,1H3,(H,21,24)(H2,20,22,25)/t14-,16+/m1/s1. The average molecular weight is 361 g/mol. The van der Waals surface area contributed by atoms with Crippen molar-refractivity contribution in [1.29, 1.82) is 0 Å². The lowest BCUT2D eigenvalue weighted by molar-refractivity contribution is -0.120. The lowest BCUT2D eigenvalue weighted by Crippen LogP contribution is -2.53. The Labute approximate surface area is 155 Å². The zero-order valence-electron chi connectivity index (χ0n) is 14.9.